The largest absolute Gasteiger partial charge is 0.496 e. The molecule has 0 aliphatic carbocycles. The van der Waals surface area contributed by atoms with Crippen LogP contribution in [0.25, 0.3) is 35.2 Å². The van der Waals surface area contributed by atoms with Crippen molar-refractivity contribution in [3.8, 4) is 11.5 Å². The molecule has 0 aliphatic rings. The second kappa shape index (κ2) is 9.92. The van der Waals surface area contributed by atoms with Gasteiger partial charge in [-0.2, -0.15) is 5.10 Å². The normalized spacial score (nSPS) is 11.6. The first kappa shape index (κ1) is 21.3. The molecule has 34 heavy (non-hydrogen) atoms. The Bertz CT molecular complexity index is 1450. The number of nitrogens with one attached hydrogen (secondary N) is 2. The van der Waals surface area contributed by atoms with E-state index in [9.17, 15) is 0 Å². The number of pyridine rings is 1. The Morgan fingerprint density at radius 1 is 0.882 bits per heavy atom. The molecule has 2 aromatic carbocycles. The number of nitrogens with zero attached hydrogens (tertiary/aromatic N) is 2. The number of benzene rings is 2. The lowest BCUT2D eigenvalue weighted by Gasteiger charge is -2.10. The highest BCUT2D eigenvalue weighted by Crippen LogP contribution is 2.27. The molecule has 5 rings (SSSR count). The molecule has 0 fully saturated rings. The molecule has 0 spiro atoms. The molecule has 6 heteroatoms. The maximum atomic E-state index is 5.88. The molecule has 3 heterocycles. The number of fused-ring (bicyclic) bond motifs is 1. The van der Waals surface area contributed by atoms with Gasteiger partial charge in [-0.1, -0.05) is 18.2 Å². The lowest BCUT2D eigenvalue weighted by atomic mass is 10.1. The number of rotatable bonds is 8. The zero-order valence-electron chi connectivity index (χ0n) is 18.7. The van der Waals surface area contributed by atoms with E-state index in [1.807, 2.05) is 60.8 Å². The summed E-state index contributed by atoms with van der Waals surface area (Å²) in [6, 6.07) is 20.1. The topological polar surface area (TPSA) is 75.8 Å². The van der Waals surface area contributed by atoms with Gasteiger partial charge in [0.2, 0.25) is 0 Å². The van der Waals surface area contributed by atoms with Crippen LogP contribution in [0.15, 0.2) is 79.3 Å². The molecule has 0 saturated heterocycles. The highest BCUT2D eigenvalue weighted by atomic mass is 16.5. The summed E-state index contributed by atoms with van der Waals surface area (Å²) in [6.45, 7) is 0.476. The average Bonchev–Trinajstić information content (AvgIpc) is 3.55. The third kappa shape index (κ3) is 5.07. The summed E-state index contributed by atoms with van der Waals surface area (Å²) >= 11 is 0. The minimum atomic E-state index is 0.476. The molecule has 2 N–H and O–H groups in total. The fourth-order valence-electron chi connectivity index (χ4n) is 3.62. The van der Waals surface area contributed by atoms with Gasteiger partial charge in [0, 0.05) is 35.7 Å². The van der Waals surface area contributed by atoms with E-state index in [2.05, 4.69) is 50.5 Å². The van der Waals surface area contributed by atoms with Crippen LogP contribution in [-0.2, 0) is 6.61 Å². The summed E-state index contributed by atoms with van der Waals surface area (Å²) in [4.78, 5) is 7.26. The maximum absolute atomic E-state index is 5.88. The van der Waals surface area contributed by atoms with Crippen LogP contribution in [0.4, 0.5) is 0 Å². The van der Waals surface area contributed by atoms with Gasteiger partial charge >= 0.3 is 0 Å². The summed E-state index contributed by atoms with van der Waals surface area (Å²) < 4.78 is 11.4. The van der Waals surface area contributed by atoms with Gasteiger partial charge < -0.3 is 14.5 Å². The van der Waals surface area contributed by atoms with Gasteiger partial charge in [0.05, 0.1) is 18.5 Å². The average molecular weight is 449 g/mol. The van der Waals surface area contributed by atoms with E-state index >= 15 is 0 Å². The molecular weight excluding hydrogens is 424 g/mol. The van der Waals surface area contributed by atoms with E-state index in [-0.39, 0.29) is 0 Å². The van der Waals surface area contributed by atoms with Crippen LogP contribution >= 0.6 is 0 Å². The zero-order valence-corrected chi connectivity index (χ0v) is 18.7. The van der Waals surface area contributed by atoms with Gasteiger partial charge in [0.25, 0.3) is 0 Å². The van der Waals surface area contributed by atoms with E-state index in [0.717, 1.165) is 45.1 Å². The Morgan fingerprint density at radius 2 is 1.79 bits per heavy atom. The van der Waals surface area contributed by atoms with E-state index in [0.29, 0.717) is 6.61 Å². The molecule has 0 unspecified atom stereocenters. The van der Waals surface area contributed by atoms with Crippen molar-refractivity contribution in [1.29, 1.82) is 0 Å². The van der Waals surface area contributed by atoms with Gasteiger partial charge in [0.15, 0.2) is 0 Å². The Balaban J connectivity index is 1.24. The van der Waals surface area contributed by atoms with Crippen LogP contribution in [-0.4, -0.2) is 27.3 Å². The lowest BCUT2D eigenvalue weighted by molar-refractivity contribution is 0.303. The second-order valence-corrected chi connectivity index (χ2v) is 7.79. The summed E-state index contributed by atoms with van der Waals surface area (Å²) in [5.74, 6) is 1.49. The molecule has 0 saturated carbocycles. The molecule has 5 aromatic rings. The minimum absolute atomic E-state index is 0.476. The molecule has 168 valence electrons. The number of hydrogen-bond acceptors (Lipinski definition) is 4. The van der Waals surface area contributed by atoms with Crippen molar-refractivity contribution in [2.45, 2.75) is 6.61 Å². The van der Waals surface area contributed by atoms with Crippen molar-refractivity contribution in [3.63, 3.8) is 0 Å². The van der Waals surface area contributed by atoms with E-state index in [4.69, 9.17) is 9.47 Å². The quantitative estimate of drug-likeness (QED) is 0.296. The van der Waals surface area contributed by atoms with Crippen molar-refractivity contribution in [1.82, 2.24) is 20.2 Å². The number of aromatic amines is 2. The zero-order chi connectivity index (χ0) is 23.2. The first-order valence-corrected chi connectivity index (χ1v) is 11.0. The van der Waals surface area contributed by atoms with E-state index in [1.54, 1.807) is 19.5 Å². The fourth-order valence-corrected chi connectivity index (χ4v) is 3.62. The minimum Gasteiger partial charge on any atom is -0.496 e. The number of ether oxygens (including phenoxy) is 2. The molecule has 0 amide bonds. The maximum Gasteiger partial charge on any atom is 0.129 e. The predicted molar refractivity (Wildman–Crippen MR) is 136 cm³/mol. The van der Waals surface area contributed by atoms with Crippen LogP contribution < -0.4 is 9.47 Å². The SMILES string of the molecule is COc1cc(OCc2ccncc2)ccc1C=Cc1cc(C=Cc2ccc3cc[nH]c3c2)n[nH]1. The summed E-state index contributed by atoms with van der Waals surface area (Å²) in [5, 5.41) is 8.64. The number of H-pyrrole nitrogens is 2. The van der Waals surface area contributed by atoms with Crippen LogP contribution in [0.2, 0.25) is 0 Å². The first-order valence-electron chi connectivity index (χ1n) is 11.0. The lowest BCUT2D eigenvalue weighted by Crippen LogP contribution is -1.96. The van der Waals surface area contributed by atoms with Gasteiger partial charge in [-0.25, -0.2) is 0 Å². The van der Waals surface area contributed by atoms with Crippen molar-refractivity contribution in [2.75, 3.05) is 7.11 Å². The Morgan fingerprint density at radius 3 is 2.68 bits per heavy atom. The number of aromatic nitrogens is 4. The monoisotopic (exact) mass is 448 g/mol. The highest BCUT2D eigenvalue weighted by Gasteiger charge is 2.04. The van der Waals surface area contributed by atoms with Crippen LogP contribution in [0.3, 0.4) is 0 Å². The Kier molecular flexibility index (Phi) is 6.21. The molecule has 0 radical (unpaired) electrons. The van der Waals surface area contributed by atoms with E-state index in [1.165, 1.54) is 5.39 Å². The van der Waals surface area contributed by atoms with Crippen LogP contribution in [0, 0.1) is 0 Å². The van der Waals surface area contributed by atoms with Crippen molar-refractivity contribution in [3.05, 3.63) is 107 Å². The molecule has 0 bridgehead atoms. The van der Waals surface area contributed by atoms with Crippen molar-refractivity contribution >= 4 is 35.2 Å². The van der Waals surface area contributed by atoms with Crippen LogP contribution in [0.1, 0.15) is 28.1 Å². The summed E-state index contributed by atoms with van der Waals surface area (Å²) in [5.41, 5.74) is 6.01. The summed E-state index contributed by atoms with van der Waals surface area (Å²) in [6.07, 6.45) is 13.5. The highest BCUT2D eigenvalue weighted by molar-refractivity contribution is 5.83. The van der Waals surface area contributed by atoms with Gasteiger partial charge in [-0.15, -0.1) is 0 Å². The Labute approximate surface area is 197 Å². The molecule has 0 aliphatic heterocycles. The summed E-state index contributed by atoms with van der Waals surface area (Å²) in [7, 11) is 1.66. The first-order chi connectivity index (χ1) is 16.8. The van der Waals surface area contributed by atoms with E-state index < -0.39 is 0 Å². The van der Waals surface area contributed by atoms with Crippen molar-refractivity contribution in [2.24, 2.45) is 0 Å². The van der Waals surface area contributed by atoms with Crippen LogP contribution in [0.5, 0.6) is 11.5 Å². The third-order valence-electron chi connectivity index (χ3n) is 5.45. The van der Waals surface area contributed by atoms with Gasteiger partial charge in [0.1, 0.15) is 18.1 Å². The third-order valence-corrected chi connectivity index (χ3v) is 5.45. The van der Waals surface area contributed by atoms with Crippen molar-refractivity contribution < 1.29 is 9.47 Å². The predicted octanol–water partition coefficient (Wildman–Crippen LogP) is 6.21. The molecule has 6 nitrogen and oxygen atoms in total. The standard InChI is InChI=1S/C28H24N4O2/c1-33-28-18-26(34-19-21-10-13-29-14-11-21)9-6-23(28)5-8-25-17-24(31-32-25)7-3-20-2-4-22-12-15-30-27(22)16-20/h2-18,30H,19H2,1H3,(H,31,32). The molecule has 3 aromatic heterocycles. The fraction of sp³-hybridized carbons (Fsp3) is 0.0714. The molecule has 0 atom stereocenters. The van der Waals surface area contributed by atoms with Gasteiger partial charge in [-0.05, 0) is 77.2 Å². The number of methoxy groups -OCH3 is 1. The number of hydrogen-bond donors (Lipinski definition) is 2. The Hall–Kier alpha value is -4.58. The van der Waals surface area contributed by atoms with Gasteiger partial charge in [-0.3, -0.25) is 10.1 Å². The second-order valence-electron chi connectivity index (χ2n) is 7.79. The smallest absolute Gasteiger partial charge is 0.129 e. The molecular formula is C28H24N4O2.